The number of aromatic nitrogens is 1. The molecular weight excluding hydrogens is 677 g/mol. The summed E-state index contributed by atoms with van der Waals surface area (Å²) < 4.78 is 110. The number of para-hydroxylation sites is 1. The Hall–Kier alpha value is -7.42. The minimum absolute atomic E-state index is 0.0429. The van der Waals surface area contributed by atoms with Crippen molar-refractivity contribution in [3.05, 3.63) is 230 Å². The molecule has 0 saturated heterocycles. The Morgan fingerprint density at radius 1 is 0.321 bits per heavy atom. The topological polar surface area (TPSA) is 8.17 Å². The molecule has 0 spiro atoms. The Morgan fingerprint density at radius 2 is 0.893 bits per heavy atom. The maximum atomic E-state index is 9.68. The molecule has 0 amide bonds. The van der Waals surface area contributed by atoms with Crippen LogP contribution in [-0.4, -0.2) is 4.57 Å². The van der Waals surface area contributed by atoms with Crippen LogP contribution < -0.4 is 4.90 Å². The molecule has 1 heterocycles. The van der Waals surface area contributed by atoms with Crippen LogP contribution in [0, 0.1) is 0 Å². The molecule has 0 atom stereocenters. The summed E-state index contributed by atoms with van der Waals surface area (Å²) in [6.45, 7) is 0. The van der Waals surface area contributed by atoms with Crippen LogP contribution in [0.25, 0.3) is 72.0 Å². The van der Waals surface area contributed by atoms with Crippen molar-refractivity contribution in [3.8, 4) is 50.2 Å². The van der Waals surface area contributed by atoms with Gasteiger partial charge in [0.05, 0.1) is 27.5 Å². The number of hydrogen-bond acceptors (Lipinski definition) is 1. The van der Waals surface area contributed by atoms with Gasteiger partial charge in [0.2, 0.25) is 0 Å². The molecule has 2 nitrogen and oxygen atoms in total. The van der Waals surface area contributed by atoms with Gasteiger partial charge in [0.15, 0.2) is 0 Å². The van der Waals surface area contributed by atoms with Crippen molar-refractivity contribution in [2.45, 2.75) is 0 Å². The molecular formula is C54H38N2. The van der Waals surface area contributed by atoms with Crippen molar-refractivity contribution in [2.75, 3.05) is 4.90 Å². The smallest absolute Gasteiger partial charge is 0.0645 e. The average molecular weight is 727 g/mol. The van der Waals surface area contributed by atoms with Gasteiger partial charge < -0.3 is 9.47 Å². The predicted octanol–water partition coefficient (Wildman–Crippen LogP) is 14.9. The highest BCUT2D eigenvalue weighted by atomic mass is 15.1. The SMILES string of the molecule is [2H]c1c(-c2c([2H])c([2H])c([2H])c([2H])c2[2H])cc(N(c2cccc(-c3ccccc3)c2)c2c([2H])c([2H])c(-c3ccc4c(c3)c3ccccc3n4-c3ccc(-c4ccccc4)cc3)c([2H])c2[2H])c([2H])c1[2H]. The van der Waals surface area contributed by atoms with Gasteiger partial charge in [-0.05, 0) is 111 Å². The highest BCUT2D eigenvalue weighted by Gasteiger charge is 2.17. The summed E-state index contributed by atoms with van der Waals surface area (Å²) in [5.74, 6) is 0. The third kappa shape index (κ3) is 6.24. The molecule has 9 aromatic carbocycles. The molecule has 0 N–H and O–H groups in total. The molecule has 0 bridgehead atoms. The second kappa shape index (κ2) is 14.4. The molecule has 1 aromatic heterocycles. The van der Waals surface area contributed by atoms with Crippen molar-refractivity contribution in [2.24, 2.45) is 0 Å². The van der Waals surface area contributed by atoms with Crippen molar-refractivity contribution in [3.63, 3.8) is 0 Å². The predicted molar refractivity (Wildman–Crippen MR) is 237 cm³/mol. The summed E-state index contributed by atoms with van der Waals surface area (Å²) in [5, 5.41) is 1.76. The van der Waals surface area contributed by atoms with Gasteiger partial charge in [-0.25, -0.2) is 0 Å². The summed E-state index contributed by atoms with van der Waals surface area (Å²) in [4.78, 5) is 1.33. The molecule has 0 aliphatic rings. The minimum atomic E-state index is -0.647. The van der Waals surface area contributed by atoms with Crippen molar-refractivity contribution < 1.29 is 16.4 Å². The van der Waals surface area contributed by atoms with Crippen LogP contribution in [0.1, 0.15) is 16.4 Å². The minimum Gasteiger partial charge on any atom is -0.310 e. The second-order valence-corrected chi connectivity index (χ2v) is 13.3. The van der Waals surface area contributed by atoms with Gasteiger partial charge in [0.25, 0.3) is 0 Å². The molecule has 0 aliphatic heterocycles. The van der Waals surface area contributed by atoms with Gasteiger partial charge in [-0.1, -0.05) is 164 Å². The Kier molecular flexibility index (Phi) is 5.85. The van der Waals surface area contributed by atoms with Crippen LogP contribution >= 0.6 is 0 Å². The van der Waals surface area contributed by atoms with Crippen molar-refractivity contribution >= 4 is 38.9 Å². The van der Waals surface area contributed by atoms with Crippen LogP contribution in [0.3, 0.4) is 0 Å². The maximum absolute atomic E-state index is 9.68. The fourth-order valence-electron chi connectivity index (χ4n) is 7.26. The maximum Gasteiger partial charge on any atom is 0.0645 e. The normalized spacial score (nSPS) is 14.2. The molecule has 0 fully saturated rings. The number of anilines is 3. The summed E-state index contributed by atoms with van der Waals surface area (Å²) >= 11 is 0. The Labute approximate surface area is 344 Å². The zero-order valence-corrected chi connectivity index (χ0v) is 29.9. The number of nitrogens with zero attached hydrogens (tertiary/aromatic N) is 2. The molecule has 0 radical (unpaired) electrons. The molecule has 0 unspecified atom stereocenters. The van der Waals surface area contributed by atoms with E-state index in [1.807, 2.05) is 91.0 Å². The molecule has 10 aromatic rings. The van der Waals surface area contributed by atoms with Crippen LogP contribution in [0.4, 0.5) is 17.1 Å². The second-order valence-electron chi connectivity index (χ2n) is 13.3. The highest BCUT2D eigenvalue weighted by molar-refractivity contribution is 6.10. The lowest BCUT2D eigenvalue weighted by Crippen LogP contribution is -2.10. The fraction of sp³-hybridized carbons (Fsp3) is 0. The largest absolute Gasteiger partial charge is 0.310 e. The number of fused-ring (bicyclic) bond motifs is 3. The van der Waals surface area contributed by atoms with E-state index in [1.54, 1.807) is 24.3 Å². The average Bonchev–Trinajstić information content (AvgIpc) is 3.70. The molecule has 2 heteroatoms. The lowest BCUT2D eigenvalue weighted by atomic mass is 10.0. The van der Waals surface area contributed by atoms with E-state index in [9.17, 15) is 6.85 Å². The van der Waals surface area contributed by atoms with Gasteiger partial charge in [-0.15, -0.1) is 0 Å². The third-order valence-electron chi connectivity index (χ3n) is 9.92. The zero-order chi connectivity index (χ0) is 47.7. The van der Waals surface area contributed by atoms with Gasteiger partial charge in [0, 0.05) is 33.5 Å². The Morgan fingerprint density at radius 3 is 1.66 bits per heavy atom. The number of benzene rings is 9. The van der Waals surface area contributed by atoms with E-state index < -0.39 is 60.4 Å². The first-order valence-electron chi connectivity index (χ1n) is 24.2. The van der Waals surface area contributed by atoms with E-state index >= 15 is 0 Å². The summed E-state index contributed by atoms with van der Waals surface area (Å²) in [6.07, 6.45) is 0. The van der Waals surface area contributed by atoms with E-state index in [2.05, 4.69) is 41.0 Å². The Balaban J connectivity index is 1.18. The molecule has 10 rings (SSSR count). The monoisotopic (exact) mass is 726 g/mol. The van der Waals surface area contributed by atoms with Crippen LogP contribution in [-0.2, 0) is 0 Å². The van der Waals surface area contributed by atoms with E-state index in [4.69, 9.17) is 9.60 Å². The van der Waals surface area contributed by atoms with Crippen LogP contribution in [0.15, 0.2) is 230 Å². The first kappa shape index (κ1) is 22.7. The van der Waals surface area contributed by atoms with Gasteiger partial charge in [-0.3, -0.25) is 0 Å². The third-order valence-corrected chi connectivity index (χ3v) is 9.92. The van der Waals surface area contributed by atoms with Crippen LogP contribution in [0.2, 0.25) is 0 Å². The summed E-state index contributed by atoms with van der Waals surface area (Å²) in [5.41, 5.74) is 6.20. The Bertz CT molecular complexity index is 3590. The molecule has 264 valence electrons. The van der Waals surface area contributed by atoms with Crippen molar-refractivity contribution in [1.29, 1.82) is 0 Å². The summed E-state index contributed by atoms with van der Waals surface area (Å²) in [7, 11) is 0. The number of rotatable bonds is 8. The number of hydrogen-bond donors (Lipinski definition) is 0. The first-order valence-corrected chi connectivity index (χ1v) is 18.2. The van der Waals surface area contributed by atoms with E-state index in [0.29, 0.717) is 11.1 Å². The van der Waals surface area contributed by atoms with Crippen molar-refractivity contribution in [1.82, 2.24) is 4.57 Å². The first-order chi connectivity index (χ1) is 32.8. The molecule has 0 saturated carbocycles. The molecule has 0 aliphatic carbocycles. The van der Waals surface area contributed by atoms with Gasteiger partial charge in [0.1, 0.15) is 0 Å². The van der Waals surface area contributed by atoms with E-state index in [0.717, 1.165) is 44.2 Å². The lowest BCUT2D eigenvalue weighted by Gasteiger charge is -2.27. The fourth-order valence-corrected chi connectivity index (χ4v) is 7.26. The highest BCUT2D eigenvalue weighted by Crippen LogP contribution is 2.40. The quantitative estimate of drug-likeness (QED) is 0.151. The van der Waals surface area contributed by atoms with Crippen LogP contribution in [0.5, 0.6) is 0 Å². The zero-order valence-electron chi connectivity index (χ0n) is 41.9. The standard InChI is InChI=1S/C54H38N2/c1-4-14-39(15-5-1)42-26-33-48(34-27-42)56-53-25-11-10-24-51(53)52-38-46(30-35-54(52)56)43-28-31-47(32-29-43)55(49-22-12-20-44(36-49)40-16-6-2-7-17-40)50-23-13-21-45(37-50)41-18-8-3-9-19-41/h1-38H/i2D,6D,7D,12D,16D,17D,20D,22D,28D,29D,31D,32D. The van der Waals surface area contributed by atoms with E-state index in [-0.39, 0.29) is 45.8 Å². The lowest BCUT2D eigenvalue weighted by molar-refractivity contribution is 1.18. The van der Waals surface area contributed by atoms with E-state index in [1.165, 1.54) is 11.0 Å². The van der Waals surface area contributed by atoms with Gasteiger partial charge in [-0.2, -0.15) is 0 Å². The van der Waals surface area contributed by atoms with Gasteiger partial charge >= 0.3 is 0 Å². The molecule has 56 heavy (non-hydrogen) atoms. The summed E-state index contributed by atoms with van der Waals surface area (Å²) in [6, 6.07) is 43.1.